The number of carbonyl (C=O) groups is 1. The van der Waals surface area contributed by atoms with Gasteiger partial charge in [-0.25, -0.2) is 4.39 Å². The molecule has 21 heavy (non-hydrogen) atoms. The molecule has 2 rings (SSSR count). The molecule has 4 nitrogen and oxygen atoms in total. The van der Waals surface area contributed by atoms with Crippen molar-refractivity contribution in [2.75, 3.05) is 7.05 Å². The number of nitrogens with zero attached hydrogens (tertiary/aromatic N) is 2. The summed E-state index contributed by atoms with van der Waals surface area (Å²) in [4.78, 5) is 14.1. The Morgan fingerprint density at radius 3 is 2.62 bits per heavy atom. The van der Waals surface area contributed by atoms with Crippen LogP contribution in [0, 0.1) is 19.7 Å². The molecule has 6 heteroatoms. The zero-order valence-electron chi connectivity index (χ0n) is 12.4. The Morgan fingerprint density at radius 1 is 1.43 bits per heavy atom. The molecule has 0 saturated heterocycles. The summed E-state index contributed by atoms with van der Waals surface area (Å²) in [6.07, 6.45) is 0. The Hall–Kier alpha value is -1.88. The smallest absolute Gasteiger partial charge is 0.254 e. The number of nitrogens with one attached hydrogen (secondary N) is 1. The van der Waals surface area contributed by atoms with E-state index in [1.54, 1.807) is 11.9 Å². The Kier molecular flexibility index (Phi) is 4.32. The Morgan fingerprint density at radius 2 is 2.10 bits per heavy atom. The summed E-state index contributed by atoms with van der Waals surface area (Å²) in [6, 6.07) is 3.82. The zero-order chi connectivity index (χ0) is 15.7. The Bertz CT molecular complexity index is 664. The van der Waals surface area contributed by atoms with Gasteiger partial charge >= 0.3 is 0 Å². The first-order valence-electron chi connectivity index (χ1n) is 6.56. The third-order valence-electron chi connectivity index (χ3n) is 3.67. The summed E-state index contributed by atoms with van der Waals surface area (Å²) in [5.41, 5.74) is 3.13. The number of halogens is 2. The van der Waals surface area contributed by atoms with E-state index in [2.05, 4.69) is 10.2 Å². The fraction of sp³-hybridized carbons (Fsp3) is 0.333. The van der Waals surface area contributed by atoms with Crippen molar-refractivity contribution in [1.29, 1.82) is 0 Å². The highest BCUT2D eigenvalue weighted by Gasteiger charge is 2.23. The number of benzene rings is 1. The standard InChI is InChI=1S/C15H17ClFN3O/c1-8-14(9(2)19-18-8)10(3)20(4)15(21)11-5-6-13(17)12(16)7-11/h5-7,10H,1-4H3,(H,18,19). The number of aromatic nitrogens is 2. The highest BCUT2D eigenvalue weighted by Crippen LogP contribution is 2.26. The molecule has 112 valence electrons. The minimum atomic E-state index is -0.537. The third-order valence-corrected chi connectivity index (χ3v) is 3.96. The van der Waals surface area contributed by atoms with E-state index in [0.29, 0.717) is 5.56 Å². The average molecular weight is 310 g/mol. The first-order valence-corrected chi connectivity index (χ1v) is 6.94. The molecular weight excluding hydrogens is 293 g/mol. The molecule has 1 heterocycles. The Balaban J connectivity index is 2.28. The summed E-state index contributed by atoms with van der Waals surface area (Å²) < 4.78 is 13.2. The lowest BCUT2D eigenvalue weighted by atomic mass is 10.0. The second kappa shape index (κ2) is 5.85. The maximum absolute atomic E-state index is 13.2. The molecule has 2 aromatic rings. The average Bonchev–Trinajstić information content (AvgIpc) is 2.79. The van der Waals surface area contributed by atoms with Gasteiger partial charge in [-0.15, -0.1) is 0 Å². The second-order valence-electron chi connectivity index (χ2n) is 5.07. The van der Waals surface area contributed by atoms with Crippen molar-refractivity contribution >= 4 is 17.5 Å². The van der Waals surface area contributed by atoms with Crippen LogP contribution in [-0.2, 0) is 0 Å². The van der Waals surface area contributed by atoms with Crippen molar-refractivity contribution in [3.05, 3.63) is 51.6 Å². The maximum atomic E-state index is 13.2. The molecule has 1 unspecified atom stereocenters. The number of aromatic amines is 1. The van der Waals surface area contributed by atoms with Crippen LogP contribution in [0.1, 0.15) is 40.3 Å². The van der Waals surface area contributed by atoms with Crippen LogP contribution < -0.4 is 0 Å². The maximum Gasteiger partial charge on any atom is 0.254 e. The fourth-order valence-corrected chi connectivity index (χ4v) is 2.56. The molecule has 1 amide bonds. The lowest BCUT2D eigenvalue weighted by Gasteiger charge is -2.25. The van der Waals surface area contributed by atoms with Crippen molar-refractivity contribution in [1.82, 2.24) is 15.1 Å². The van der Waals surface area contributed by atoms with Crippen molar-refractivity contribution in [2.24, 2.45) is 0 Å². The molecule has 0 aliphatic carbocycles. The number of hydrogen-bond donors (Lipinski definition) is 1. The molecule has 0 bridgehead atoms. The van der Waals surface area contributed by atoms with Crippen LogP contribution in [0.25, 0.3) is 0 Å². The van der Waals surface area contributed by atoms with Gasteiger partial charge in [-0.2, -0.15) is 5.10 Å². The minimum absolute atomic E-state index is 0.0578. The summed E-state index contributed by atoms with van der Waals surface area (Å²) >= 11 is 5.73. The van der Waals surface area contributed by atoms with Crippen molar-refractivity contribution in [3.63, 3.8) is 0 Å². The molecule has 1 N–H and O–H groups in total. The van der Waals surface area contributed by atoms with Gasteiger partial charge in [-0.1, -0.05) is 11.6 Å². The van der Waals surface area contributed by atoms with Gasteiger partial charge < -0.3 is 4.90 Å². The molecular formula is C15H17ClFN3O. The molecule has 0 spiro atoms. The highest BCUT2D eigenvalue weighted by atomic mass is 35.5. The van der Waals surface area contributed by atoms with Crippen LogP contribution >= 0.6 is 11.6 Å². The normalized spacial score (nSPS) is 12.3. The quantitative estimate of drug-likeness (QED) is 0.940. The first kappa shape index (κ1) is 15.5. The van der Waals surface area contributed by atoms with E-state index in [-0.39, 0.29) is 17.0 Å². The van der Waals surface area contributed by atoms with Crippen molar-refractivity contribution in [2.45, 2.75) is 26.8 Å². The molecule has 0 aliphatic rings. The summed E-state index contributed by atoms with van der Waals surface area (Å²) in [6.45, 7) is 5.73. The van der Waals surface area contributed by atoms with E-state index in [1.165, 1.54) is 18.2 Å². The van der Waals surface area contributed by atoms with E-state index in [4.69, 9.17) is 11.6 Å². The number of aryl methyl sites for hydroxylation is 2. The monoisotopic (exact) mass is 309 g/mol. The first-order chi connectivity index (χ1) is 9.82. The second-order valence-corrected chi connectivity index (χ2v) is 5.48. The third kappa shape index (κ3) is 2.93. The minimum Gasteiger partial charge on any atom is -0.335 e. The van der Waals surface area contributed by atoms with Gasteiger partial charge in [0.15, 0.2) is 0 Å². The summed E-state index contributed by atoms with van der Waals surface area (Å²) in [7, 11) is 1.70. The number of hydrogen-bond acceptors (Lipinski definition) is 2. The predicted molar refractivity (Wildman–Crippen MR) is 80.0 cm³/mol. The van der Waals surface area contributed by atoms with E-state index in [0.717, 1.165) is 17.0 Å². The summed E-state index contributed by atoms with van der Waals surface area (Å²) in [5.74, 6) is -0.755. The van der Waals surface area contributed by atoms with Crippen LogP contribution in [-0.4, -0.2) is 28.1 Å². The Labute approximate surface area is 127 Å². The highest BCUT2D eigenvalue weighted by molar-refractivity contribution is 6.31. The number of rotatable bonds is 3. The molecule has 0 saturated carbocycles. The molecule has 1 aromatic carbocycles. The fourth-order valence-electron chi connectivity index (χ4n) is 2.38. The van der Waals surface area contributed by atoms with Crippen molar-refractivity contribution < 1.29 is 9.18 Å². The number of amides is 1. The van der Waals surface area contributed by atoms with Crippen molar-refractivity contribution in [3.8, 4) is 0 Å². The van der Waals surface area contributed by atoms with Crippen LogP contribution in [0.2, 0.25) is 5.02 Å². The van der Waals surface area contributed by atoms with Crippen LogP contribution in [0.3, 0.4) is 0 Å². The SMILES string of the molecule is Cc1n[nH]c(C)c1C(C)N(C)C(=O)c1ccc(F)c(Cl)c1. The lowest BCUT2D eigenvalue weighted by Crippen LogP contribution is -2.30. The molecule has 0 aliphatic heterocycles. The molecule has 1 aromatic heterocycles. The van der Waals surface area contributed by atoms with Crippen LogP contribution in [0.4, 0.5) is 4.39 Å². The van der Waals surface area contributed by atoms with E-state index >= 15 is 0 Å². The lowest BCUT2D eigenvalue weighted by molar-refractivity contribution is 0.0742. The van der Waals surface area contributed by atoms with Gasteiger partial charge in [-0.3, -0.25) is 9.89 Å². The summed E-state index contributed by atoms with van der Waals surface area (Å²) in [5, 5.41) is 7.00. The topological polar surface area (TPSA) is 49.0 Å². The van der Waals surface area contributed by atoms with E-state index < -0.39 is 5.82 Å². The van der Waals surface area contributed by atoms with Crippen LogP contribution in [0.5, 0.6) is 0 Å². The number of H-pyrrole nitrogens is 1. The van der Waals surface area contributed by atoms with Gasteiger partial charge in [0.2, 0.25) is 0 Å². The largest absolute Gasteiger partial charge is 0.335 e. The van der Waals surface area contributed by atoms with E-state index in [1.807, 2.05) is 20.8 Å². The van der Waals surface area contributed by atoms with Crippen LogP contribution in [0.15, 0.2) is 18.2 Å². The molecule has 0 fully saturated rings. The molecule has 0 radical (unpaired) electrons. The zero-order valence-corrected chi connectivity index (χ0v) is 13.1. The van der Waals surface area contributed by atoms with E-state index in [9.17, 15) is 9.18 Å². The van der Waals surface area contributed by atoms with Gasteiger partial charge in [0.05, 0.1) is 16.8 Å². The van der Waals surface area contributed by atoms with Gasteiger partial charge in [0.25, 0.3) is 5.91 Å². The number of carbonyl (C=O) groups excluding carboxylic acids is 1. The van der Waals surface area contributed by atoms with Gasteiger partial charge in [0, 0.05) is 23.9 Å². The predicted octanol–water partition coefficient (Wildman–Crippen LogP) is 3.65. The van der Waals surface area contributed by atoms with Gasteiger partial charge in [-0.05, 0) is 39.0 Å². The van der Waals surface area contributed by atoms with Gasteiger partial charge in [0.1, 0.15) is 5.82 Å². The molecule has 1 atom stereocenters.